The monoisotopic (exact) mass is 456 g/mol. The van der Waals surface area contributed by atoms with Crippen LogP contribution in [0, 0.1) is 0 Å². The van der Waals surface area contributed by atoms with Gasteiger partial charge in [0.25, 0.3) is 0 Å². The Morgan fingerprint density at radius 1 is 1.23 bits per heavy atom. The fraction of sp³-hybridized carbons (Fsp3) is 0.318. The Labute approximate surface area is 189 Å². The lowest BCUT2D eigenvalue weighted by molar-refractivity contribution is -0.115. The number of carbonyl (C=O) groups is 1. The Hall–Kier alpha value is -2.62. The standard InChI is InChI=1S/C22H24N4O3S2/c1-28-17-11-9-16(10-12-17)24-20(27)19(15-6-3-2-4-7-15)30-22-26-25-21(31-22)23-14-18-8-5-13-29-18/h2-4,6-7,9-12,18-19H,5,8,13-14H2,1H3,(H,23,25)(H,24,27). The van der Waals surface area contributed by atoms with Crippen LogP contribution in [-0.4, -0.2) is 42.5 Å². The fourth-order valence-electron chi connectivity index (χ4n) is 3.22. The van der Waals surface area contributed by atoms with Gasteiger partial charge in [-0.2, -0.15) is 0 Å². The first-order valence-electron chi connectivity index (χ1n) is 10.1. The first-order valence-corrected chi connectivity index (χ1v) is 11.8. The number of carbonyl (C=O) groups excluding carboxylic acids is 1. The van der Waals surface area contributed by atoms with Crippen molar-refractivity contribution in [1.29, 1.82) is 0 Å². The molecule has 0 bridgehead atoms. The predicted molar refractivity (Wildman–Crippen MR) is 124 cm³/mol. The number of thioether (sulfide) groups is 1. The molecule has 31 heavy (non-hydrogen) atoms. The maximum atomic E-state index is 13.1. The first-order chi connectivity index (χ1) is 15.2. The third-order valence-electron chi connectivity index (χ3n) is 4.83. The number of ether oxygens (including phenoxy) is 2. The Bertz CT molecular complexity index is 976. The van der Waals surface area contributed by atoms with E-state index in [2.05, 4.69) is 20.8 Å². The molecule has 2 aromatic carbocycles. The van der Waals surface area contributed by atoms with E-state index < -0.39 is 5.25 Å². The Morgan fingerprint density at radius 2 is 2.03 bits per heavy atom. The van der Waals surface area contributed by atoms with E-state index >= 15 is 0 Å². The van der Waals surface area contributed by atoms with Crippen molar-refractivity contribution in [3.63, 3.8) is 0 Å². The van der Waals surface area contributed by atoms with Gasteiger partial charge in [0.2, 0.25) is 11.0 Å². The van der Waals surface area contributed by atoms with Crippen molar-refractivity contribution in [3.05, 3.63) is 60.2 Å². The average molecular weight is 457 g/mol. The van der Waals surface area contributed by atoms with Crippen LogP contribution >= 0.6 is 23.1 Å². The highest BCUT2D eigenvalue weighted by molar-refractivity contribution is 8.02. The lowest BCUT2D eigenvalue weighted by atomic mass is 10.1. The van der Waals surface area contributed by atoms with Crippen LogP contribution in [0.25, 0.3) is 0 Å². The van der Waals surface area contributed by atoms with E-state index in [1.165, 1.54) is 23.1 Å². The van der Waals surface area contributed by atoms with Gasteiger partial charge < -0.3 is 20.1 Å². The summed E-state index contributed by atoms with van der Waals surface area (Å²) in [6.07, 6.45) is 2.40. The molecule has 4 rings (SSSR count). The van der Waals surface area contributed by atoms with E-state index in [9.17, 15) is 4.79 Å². The van der Waals surface area contributed by atoms with Gasteiger partial charge in [-0.15, -0.1) is 10.2 Å². The molecule has 7 nitrogen and oxygen atoms in total. The number of methoxy groups -OCH3 is 1. The molecule has 9 heteroatoms. The van der Waals surface area contributed by atoms with Gasteiger partial charge in [-0.25, -0.2) is 0 Å². The molecule has 0 radical (unpaired) electrons. The SMILES string of the molecule is COc1ccc(NC(=O)C(Sc2nnc(NCC3CCCO3)s2)c2ccccc2)cc1. The molecule has 2 N–H and O–H groups in total. The van der Waals surface area contributed by atoms with Crippen molar-refractivity contribution < 1.29 is 14.3 Å². The highest BCUT2D eigenvalue weighted by atomic mass is 32.2. The second-order valence-corrected chi connectivity index (χ2v) is 9.35. The summed E-state index contributed by atoms with van der Waals surface area (Å²) >= 11 is 2.84. The van der Waals surface area contributed by atoms with Crippen molar-refractivity contribution in [2.75, 3.05) is 30.9 Å². The molecule has 1 aliphatic rings. The third-order valence-corrected chi connectivity index (χ3v) is 7.05. The molecule has 2 unspecified atom stereocenters. The summed E-state index contributed by atoms with van der Waals surface area (Å²) in [6.45, 7) is 1.55. The highest BCUT2D eigenvalue weighted by Gasteiger charge is 2.24. The molecule has 0 spiro atoms. The van der Waals surface area contributed by atoms with Gasteiger partial charge in [0.05, 0.1) is 13.2 Å². The zero-order valence-electron chi connectivity index (χ0n) is 17.1. The summed E-state index contributed by atoms with van der Waals surface area (Å²) in [6, 6.07) is 17.0. The molecule has 1 aromatic heterocycles. The quantitative estimate of drug-likeness (QED) is 0.455. The molecule has 2 atom stereocenters. The number of nitrogens with one attached hydrogen (secondary N) is 2. The highest BCUT2D eigenvalue weighted by Crippen LogP contribution is 2.38. The van der Waals surface area contributed by atoms with Crippen molar-refractivity contribution in [3.8, 4) is 5.75 Å². The van der Waals surface area contributed by atoms with E-state index in [1.807, 2.05) is 54.6 Å². The van der Waals surface area contributed by atoms with Crippen molar-refractivity contribution in [2.45, 2.75) is 28.5 Å². The van der Waals surface area contributed by atoms with Gasteiger partial charge in [-0.3, -0.25) is 4.79 Å². The minimum atomic E-state index is -0.456. The first kappa shape index (κ1) is 21.6. The summed E-state index contributed by atoms with van der Waals surface area (Å²) in [7, 11) is 1.61. The number of aromatic nitrogens is 2. The molecule has 0 aliphatic carbocycles. The van der Waals surface area contributed by atoms with Crippen LogP contribution in [0.1, 0.15) is 23.7 Å². The molecular formula is C22H24N4O3S2. The molecular weight excluding hydrogens is 432 g/mol. The summed E-state index contributed by atoms with van der Waals surface area (Å²) in [5, 5.41) is 15.1. The van der Waals surface area contributed by atoms with Gasteiger partial charge in [-0.1, -0.05) is 53.4 Å². The summed E-state index contributed by atoms with van der Waals surface area (Å²) in [5.41, 5.74) is 1.62. The van der Waals surface area contributed by atoms with E-state index in [1.54, 1.807) is 7.11 Å². The maximum absolute atomic E-state index is 13.1. The van der Waals surface area contributed by atoms with Gasteiger partial charge in [0.15, 0.2) is 4.34 Å². The Kier molecular flexibility index (Phi) is 7.39. The van der Waals surface area contributed by atoms with Gasteiger partial charge in [0.1, 0.15) is 11.0 Å². The van der Waals surface area contributed by atoms with Crippen molar-refractivity contribution >= 4 is 39.8 Å². The summed E-state index contributed by atoms with van der Waals surface area (Å²) in [5.74, 6) is 0.620. The molecule has 1 aliphatic heterocycles. The zero-order chi connectivity index (χ0) is 21.5. The number of hydrogen-bond donors (Lipinski definition) is 2. The molecule has 1 saturated heterocycles. The van der Waals surface area contributed by atoms with Crippen molar-refractivity contribution in [2.24, 2.45) is 0 Å². The van der Waals surface area contributed by atoms with Crippen LogP contribution in [0.15, 0.2) is 58.9 Å². The lowest BCUT2D eigenvalue weighted by Gasteiger charge is -2.15. The molecule has 1 fully saturated rings. The second-order valence-electron chi connectivity index (χ2n) is 7.02. The van der Waals surface area contributed by atoms with Gasteiger partial charge in [-0.05, 0) is 42.7 Å². The number of nitrogens with zero attached hydrogens (tertiary/aromatic N) is 2. The normalized spacial score (nSPS) is 16.6. The van der Waals surface area contributed by atoms with E-state index in [0.29, 0.717) is 5.69 Å². The number of hydrogen-bond acceptors (Lipinski definition) is 8. The third kappa shape index (κ3) is 5.96. The molecule has 3 aromatic rings. The minimum absolute atomic E-state index is 0.120. The van der Waals surface area contributed by atoms with Crippen LogP contribution in [0.3, 0.4) is 0 Å². The molecule has 0 saturated carbocycles. The molecule has 2 heterocycles. The maximum Gasteiger partial charge on any atom is 0.242 e. The average Bonchev–Trinajstić information content (AvgIpc) is 3.49. The molecule has 1 amide bonds. The van der Waals surface area contributed by atoms with E-state index in [4.69, 9.17) is 9.47 Å². The Morgan fingerprint density at radius 3 is 2.74 bits per heavy atom. The van der Waals surface area contributed by atoms with E-state index in [-0.39, 0.29) is 12.0 Å². The van der Waals surface area contributed by atoms with Crippen LogP contribution in [0.5, 0.6) is 5.75 Å². The summed E-state index contributed by atoms with van der Waals surface area (Å²) < 4.78 is 11.5. The molecule has 162 valence electrons. The lowest BCUT2D eigenvalue weighted by Crippen LogP contribution is -2.19. The fourth-order valence-corrected chi connectivity index (χ4v) is 5.17. The number of benzene rings is 2. The second kappa shape index (κ2) is 10.6. The van der Waals surface area contributed by atoms with Crippen LogP contribution < -0.4 is 15.4 Å². The largest absolute Gasteiger partial charge is 0.497 e. The topological polar surface area (TPSA) is 85.4 Å². The smallest absolute Gasteiger partial charge is 0.242 e. The number of anilines is 2. The number of amides is 1. The minimum Gasteiger partial charge on any atom is -0.497 e. The summed E-state index contributed by atoms with van der Waals surface area (Å²) in [4.78, 5) is 13.1. The van der Waals surface area contributed by atoms with Crippen molar-refractivity contribution in [1.82, 2.24) is 10.2 Å². The van der Waals surface area contributed by atoms with Crippen LogP contribution in [-0.2, 0) is 9.53 Å². The Balaban J connectivity index is 1.44. The van der Waals surface area contributed by atoms with E-state index in [0.717, 1.165) is 46.8 Å². The number of rotatable bonds is 9. The van der Waals surface area contributed by atoms with Crippen LogP contribution in [0.2, 0.25) is 0 Å². The van der Waals surface area contributed by atoms with Gasteiger partial charge >= 0.3 is 0 Å². The van der Waals surface area contributed by atoms with Crippen LogP contribution in [0.4, 0.5) is 10.8 Å². The predicted octanol–water partition coefficient (Wildman–Crippen LogP) is 4.61. The van der Waals surface area contributed by atoms with Gasteiger partial charge in [0, 0.05) is 18.8 Å². The zero-order valence-corrected chi connectivity index (χ0v) is 18.7.